The zero-order valence-corrected chi connectivity index (χ0v) is 11.9. The van der Waals surface area contributed by atoms with Gasteiger partial charge in [0.1, 0.15) is 0 Å². The minimum absolute atomic E-state index is 0.0169. The van der Waals surface area contributed by atoms with Gasteiger partial charge in [0.2, 0.25) is 5.43 Å². The van der Waals surface area contributed by atoms with Gasteiger partial charge in [0.15, 0.2) is 5.69 Å². The SMILES string of the molecule is CNCC1CCCN1C(=O)c1n[nH]c2ccccc2c1=O. The van der Waals surface area contributed by atoms with Crippen LogP contribution in [0.25, 0.3) is 10.9 Å². The van der Waals surface area contributed by atoms with Crippen LogP contribution < -0.4 is 10.7 Å². The first-order valence-corrected chi connectivity index (χ1v) is 7.15. The van der Waals surface area contributed by atoms with Gasteiger partial charge < -0.3 is 10.2 Å². The molecule has 2 heterocycles. The smallest absolute Gasteiger partial charge is 0.278 e. The average Bonchev–Trinajstić information content (AvgIpc) is 2.96. The predicted molar refractivity (Wildman–Crippen MR) is 80.3 cm³/mol. The van der Waals surface area contributed by atoms with Crippen LogP contribution in [-0.4, -0.2) is 47.2 Å². The van der Waals surface area contributed by atoms with E-state index >= 15 is 0 Å². The number of aromatic nitrogens is 2. The van der Waals surface area contributed by atoms with Crippen LogP contribution in [0.15, 0.2) is 29.1 Å². The number of likely N-dealkylation sites (N-methyl/N-ethyl adjacent to an activating group) is 1. The van der Waals surface area contributed by atoms with E-state index in [4.69, 9.17) is 0 Å². The number of aromatic amines is 1. The van der Waals surface area contributed by atoms with Crippen LogP contribution in [0.3, 0.4) is 0 Å². The van der Waals surface area contributed by atoms with Gasteiger partial charge in [-0.1, -0.05) is 12.1 Å². The zero-order valence-electron chi connectivity index (χ0n) is 11.9. The van der Waals surface area contributed by atoms with Crippen molar-refractivity contribution in [2.45, 2.75) is 18.9 Å². The van der Waals surface area contributed by atoms with Gasteiger partial charge in [0.25, 0.3) is 5.91 Å². The maximum atomic E-state index is 12.6. The Kier molecular flexibility index (Phi) is 3.70. The highest BCUT2D eigenvalue weighted by atomic mass is 16.2. The highest BCUT2D eigenvalue weighted by molar-refractivity contribution is 5.95. The summed E-state index contributed by atoms with van der Waals surface area (Å²) in [6.45, 7) is 1.41. The van der Waals surface area contributed by atoms with Crippen molar-refractivity contribution in [1.82, 2.24) is 20.4 Å². The van der Waals surface area contributed by atoms with Gasteiger partial charge in [-0.05, 0) is 32.0 Å². The Morgan fingerprint density at radius 3 is 3.10 bits per heavy atom. The fraction of sp³-hybridized carbons (Fsp3) is 0.400. The second-order valence-electron chi connectivity index (χ2n) is 5.30. The third-order valence-corrected chi connectivity index (χ3v) is 3.96. The number of H-pyrrole nitrogens is 1. The number of carbonyl (C=O) groups excluding carboxylic acids is 1. The Morgan fingerprint density at radius 2 is 2.29 bits per heavy atom. The molecule has 0 saturated carbocycles. The highest BCUT2D eigenvalue weighted by Gasteiger charge is 2.31. The molecule has 6 heteroatoms. The molecule has 1 fully saturated rings. The molecule has 2 aromatic rings. The van der Waals surface area contributed by atoms with Crippen molar-refractivity contribution in [1.29, 1.82) is 0 Å². The van der Waals surface area contributed by atoms with E-state index in [2.05, 4.69) is 15.5 Å². The van der Waals surface area contributed by atoms with Crippen LogP contribution in [0.5, 0.6) is 0 Å². The fourth-order valence-corrected chi connectivity index (χ4v) is 2.90. The third kappa shape index (κ3) is 2.42. The molecule has 1 unspecified atom stereocenters. The number of fused-ring (bicyclic) bond motifs is 1. The lowest BCUT2D eigenvalue weighted by molar-refractivity contribution is 0.0729. The average molecular weight is 286 g/mol. The maximum absolute atomic E-state index is 12.6. The molecule has 21 heavy (non-hydrogen) atoms. The van der Waals surface area contributed by atoms with Crippen LogP contribution in [0.2, 0.25) is 0 Å². The first-order valence-electron chi connectivity index (χ1n) is 7.15. The van der Waals surface area contributed by atoms with Gasteiger partial charge in [0, 0.05) is 24.5 Å². The van der Waals surface area contributed by atoms with E-state index in [9.17, 15) is 9.59 Å². The second-order valence-corrected chi connectivity index (χ2v) is 5.30. The molecule has 1 aliphatic rings. The molecule has 1 atom stereocenters. The van der Waals surface area contributed by atoms with Gasteiger partial charge in [-0.25, -0.2) is 0 Å². The second kappa shape index (κ2) is 5.65. The predicted octanol–water partition coefficient (Wildman–Crippen LogP) is 0.747. The molecule has 1 aromatic heterocycles. The van der Waals surface area contributed by atoms with Crippen LogP contribution in [-0.2, 0) is 0 Å². The molecule has 1 aliphatic heterocycles. The van der Waals surface area contributed by atoms with Crippen LogP contribution in [0.1, 0.15) is 23.3 Å². The Morgan fingerprint density at radius 1 is 1.48 bits per heavy atom. The van der Waals surface area contributed by atoms with Crippen molar-refractivity contribution >= 4 is 16.8 Å². The van der Waals surface area contributed by atoms with Crippen molar-refractivity contribution in [3.05, 3.63) is 40.2 Å². The summed E-state index contributed by atoms with van der Waals surface area (Å²) in [5, 5.41) is 10.4. The number of likely N-dealkylation sites (tertiary alicyclic amines) is 1. The van der Waals surface area contributed by atoms with Crippen molar-refractivity contribution in [2.75, 3.05) is 20.1 Å². The van der Waals surface area contributed by atoms with E-state index in [1.165, 1.54) is 0 Å². The van der Waals surface area contributed by atoms with E-state index in [0.717, 1.165) is 19.4 Å². The quantitative estimate of drug-likeness (QED) is 0.872. The summed E-state index contributed by atoms with van der Waals surface area (Å²) in [6, 6.07) is 7.23. The number of rotatable bonds is 3. The summed E-state index contributed by atoms with van der Waals surface area (Å²) in [4.78, 5) is 26.8. The Labute approximate surface area is 122 Å². The molecule has 6 nitrogen and oxygen atoms in total. The molecule has 0 aliphatic carbocycles. The van der Waals surface area contributed by atoms with Gasteiger partial charge in [-0.3, -0.25) is 14.7 Å². The molecular weight excluding hydrogens is 268 g/mol. The Hall–Kier alpha value is -2.21. The lowest BCUT2D eigenvalue weighted by Crippen LogP contribution is -2.43. The monoisotopic (exact) mass is 286 g/mol. The largest absolute Gasteiger partial charge is 0.333 e. The minimum atomic E-state index is -0.301. The van der Waals surface area contributed by atoms with Crippen LogP contribution >= 0.6 is 0 Å². The standard InChI is InChI=1S/C15H18N4O2/c1-16-9-10-5-4-8-19(10)15(21)13-14(20)11-6-2-3-7-12(11)17-18-13/h2-3,6-7,10,16H,4-5,8-9H2,1H3,(H,17,20). The number of nitrogens with zero attached hydrogens (tertiary/aromatic N) is 2. The van der Waals surface area contributed by atoms with E-state index in [1.807, 2.05) is 13.1 Å². The summed E-state index contributed by atoms with van der Waals surface area (Å²) < 4.78 is 0. The summed E-state index contributed by atoms with van der Waals surface area (Å²) in [6.07, 6.45) is 1.92. The number of hydrogen-bond acceptors (Lipinski definition) is 4. The lowest BCUT2D eigenvalue weighted by atomic mass is 10.2. The molecule has 0 spiro atoms. The molecular formula is C15H18N4O2. The molecule has 0 bridgehead atoms. The number of amides is 1. The highest BCUT2D eigenvalue weighted by Crippen LogP contribution is 2.18. The maximum Gasteiger partial charge on any atom is 0.278 e. The Balaban J connectivity index is 1.98. The molecule has 110 valence electrons. The number of nitrogens with one attached hydrogen (secondary N) is 2. The van der Waals surface area contributed by atoms with E-state index in [0.29, 0.717) is 17.4 Å². The first-order chi connectivity index (χ1) is 10.2. The van der Waals surface area contributed by atoms with Crippen LogP contribution in [0, 0.1) is 0 Å². The van der Waals surface area contributed by atoms with Crippen molar-refractivity contribution in [3.8, 4) is 0 Å². The molecule has 0 radical (unpaired) electrons. The fourth-order valence-electron chi connectivity index (χ4n) is 2.90. The zero-order chi connectivity index (χ0) is 14.8. The summed E-state index contributed by atoms with van der Waals surface area (Å²) in [7, 11) is 1.86. The van der Waals surface area contributed by atoms with Gasteiger partial charge in [-0.2, -0.15) is 5.10 Å². The number of benzene rings is 1. The number of hydrogen-bond donors (Lipinski definition) is 2. The van der Waals surface area contributed by atoms with Crippen molar-refractivity contribution in [2.24, 2.45) is 0 Å². The molecule has 1 amide bonds. The van der Waals surface area contributed by atoms with E-state index in [-0.39, 0.29) is 23.1 Å². The summed E-state index contributed by atoms with van der Waals surface area (Å²) >= 11 is 0. The molecule has 2 N–H and O–H groups in total. The van der Waals surface area contributed by atoms with E-state index in [1.54, 1.807) is 23.1 Å². The summed E-state index contributed by atoms with van der Waals surface area (Å²) in [5.74, 6) is -0.278. The van der Waals surface area contributed by atoms with Gasteiger partial charge >= 0.3 is 0 Å². The first kappa shape index (κ1) is 13.8. The minimum Gasteiger partial charge on any atom is -0.333 e. The Bertz CT molecular complexity index is 725. The molecule has 3 rings (SSSR count). The molecule has 1 saturated heterocycles. The number of para-hydroxylation sites is 1. The van der Waals surface area contributed by atoms with Crippen LogP contribution in [0.4, 0.5) is 0 Å². The number of carbonyl (C=O) groups is 1. The topological polar surface area (TPSA) is 78.1 Å². The molecule has 1 aromatic carbocycles. The van der Waals surface area contributed by atoms with Gasteiger partial charge in [-0.15, -0.1) is 0 Å². The lowest BCUT2D eigenvalue weighted by Gasteiger charge is -2.23. The third-order valence-electron chi connectivity index (χ3n) is 3.96. The van der Waals surface area contributed by atoms with Crippen molar-refractivity contribution in [3.63, 3.8) is 0 Å². The van der Waals surface area contributed by atoms with E-state index < -0.39 is 0 Å². The van der Waals surface area contributed by atoms with Gasteiger partial charge in [0.05, 0.1) is 5.52 Å². The normalized spacial score (nSPS) is 18.3. The van der Waals surface area contributed by atoms with Crippen molar-refractivity contribution < 1.29 is 4.79 Å². The summed E-state index contributed by atoms with van der Waals surface area (Å²) in [5.41, 5.74) is 0.327.